The molecule has 2 aliphatic heterocycles. The highest BCUT2D eigenvalue weighted by Crippen LogP contribution is 2.43. The van der Waals surface area contributed by atoms with E-state index in [1.165, 1.54) is 16.7 Å². The van der Waals surface area contributed by atoms with Gasteiger partial charge in [-0.05, 0) is 86.4 Å². The third-order valence-corrected chi connectivity index (χ3v) is 8.05. The highest BCUT2D eigenvalue weighted by Gasteiger charge is 2.30. The van der Waals surface area contributed by atoms with Crippen LogP contribution < -0.4 is 0 Å². The van der Waals surface area contributed by atoms with E-state index in [4.69, 9.17) is 9.97 Å². The van der Waals surface area contributed by atoms with E-state index >= 15 is 0 Å². The van der Waals surface area contributed by atoms with Crippen LogP contribution in [0.15, 0.2) is 36.4 Å². The lowest BCUT2D eigenvalue weighted by Gasteiger charge is -2.21. The van der Waals surface area contributed by atoms with Crippen LogP contribution in [-0.2, 0) is 15.6 Å². The molecule has 220 valence electrons. The lowest BCUT2D eigenvalue weighted by Crippen LogP contribution is -2.10. The number of allylic oxidation sites excluding steroid dienone is 3. The van der Waals surface area contributed by atoms with Gasteiger partial charge in [-0.1, -0.05) is 83.1 Å². The monoisotopic (exact) mass is 562 g/mol. The summed E-state index contributed by atoms with van der Waals surface area (Å²) in [5, 5.41) is 0. The number of aromatic amines is 2. The molecule has 0 amide bonds. The van der Waals surface area contributed by atoms with Crippen molar-refractivity contribution in [2.75, 3.05) is 0 Å². The highest BCUT2D eigenvalue weighted by atomic mass is 16.1. The SMILES string of the molecule is CC(C)(C)C1=Cc2cc3[nH]c(cc4nc(cc5[nH]c(cc1n2)cc5C(C)(C)C)C(C=O)=C4C(C)(C)C)cc3C(C)(C)C. The average Bonchev–Trinajstić information content (AvgIpc) is 3.57. The lowest BCUT2D eigenvalue weighted by atomic mass is 9.82. The van der Waals surface area contributed by atoms with Crippen LogP contribution in [-0.4, -0.2) is 26.2 Å². The molecule has 2 N–H and O–H groups in total. The number of hydrogen-bond acceptors (Lipinski definition) is 3. The number of nitrogens with one attached hydrogen (secondary N) is 2. The van der Waals surface area contributed by atoms with Crippen LogP contribution in [0.1, 0.15) is 117 Å². The molecule has 0 unspecified atom stereocenters. The van der Waals surface area contributed by atoms with Crippen molar-refractivity contribution in [1.29, 1.82) is 0 Å². The molecule has 0 aromatic carbocycles. The van der Waals surface area contributed by atoms with Gasteiger partial charge in [-0.25, -0.2) is 9.97 Å². The summed E-state index contributed by atoms with van der Waals surface area (Å²) in [6, 6.07) is 12.9. The van der Waals surface area contributed by atoms with E-state index in [-0.39, 0.29) is 21.7 Å². The van der Waals surface area contributed by atoms with Crippen molar-refractivity contribution in [3.63, 3.8) is 0 Å². The molecule has 0 saturated carbocycles. The first-order chi connectivity index (χ1) is 19.3. The minimum Gasteiger partial charge on any atom is -0.355 e. The van der Waals surface area contributed by atoms with E-state index in [2.05, 4.69) is 129 Å². The molecule has 0 atom stereocenters. The Morgan fingerprint density at radius 1 is 0.571 bits per heavy atom. The second-order valence-corrected chi connectivity index (χ2v) is 16.0. The zero-order valence-electron chi connectivity index (χ0n) is 27.4. The second-order valence-electron chi connectivity index (χ2n) is 16.0. The molecule has 5 heteroatoms. The second kappa shape index (κ2) is 9.65. The first kappa shape index (κ1) is 29.8. The van der Waals surface area contributed by atoms with Crippen LogP contribution in [0.4, 0.5) is 0 Å². The fraction of sp³-hybridized carbons (Fsp3) is 0.432. The first-order valence-corrected chi connectivity index (χ1v) is 15.0. The molecule has 3 aromatic rings. The molecule has 2 aliphatic rings. The summed E-state index contributed by atoms with van der Waals surface area (Å²) < 4.78 is 0. The molecule has 0 radical (unpaired) electrons. The molecular weight excluding hydrogens is 516 g/mol. The summed E-state index contributed by atoms with van der Waals surface area (Å²) in [7, 11) is 0. The molecule has 0 aliphatic carbocycles. The van der Waals surface area contributed by atoms with Gasteiger partial charge in [-0.3, -0.25) is 4.79 Å². The molecule has 3 aromatic heterocycles. The van der Waals surface area contributed by atoms with Crippen molar-refractivity contribution in [1.82, 2.24) is 19.9 Å². The number of aromatic nitrogens is 4. The molecule has 0 spiro atoms. The number of nitrogens with zero attached hydrogens (tertiary/aromatic N) is 2. The number of aldehydes is 1. The topological polar surface area (TPSA) is 74.4 Å². The Hall–Kier alpha value is -3.73. The maximum absolute atomic E-state index is 12.7. The molecule has 0 saturated heterocycles. The molecule has 5 nitrogen and oxygen atoms in total. The summed E-state index contributed by atoms with van der Waals surface area (Å²) in [5.74, 6) is 0. The Balaban J connectivity index is 2.01. The lowest BCUT2D eigenvalue weighted by molar-refractivity contribution is -0.103. The zero-order valence-corrected chi connectivity index (χ0v) is 27.4. The number of fused-ring (bicyclic) bond motifs is 8. The molecular formula is C37H46N4O. The van der Waals surface area contributed by atoms with Crippen molar-refractivity contribution in [3.05, 3.63) is 70.3 Å². The fourth-order valence-corrected chi connectivity index (χ4v) is 6.06. The Morgan fingerprint density at radius 2 is 1.10 bits per heavy atom. The number of rotatable bonds is 1. The number of carbonyl (C=O) groups is 1. The highest BCUT2D eigenvalue weighted by molar-refractivity contribution is 6.19. The molecule has 8 bridgehead atoms. The van der Waals surface area contributed by atoms with Gasteiger partial charge in [0.25, 0.3) is 0 Å². The first-order valence-electron chi connectivity index (χ1n) is 15.0. The Kier molecular flexibility index (Phi) is 6.84. The smallest absolute Gasteiger partial charge is 0.152 e. The van der Waals surface area contributed by atoms with E-state index in [1.54, 1.807) is 0 Å². The van der Waals surface area contributed by atoms with Crippen LogP contribution in [0.5, 0.6) is 0 Å². The molecule has 42 heavy (non-hydrogen) atoms. The molecule has 5 heterocycles. The third kappa shape index (κ3) is 5.54. The average molecular weight is 563 g/mol. The Bertz CT molecular complexity index is 1810. The predicted octanol–water partition coefficient (Wildman–Crippen LogP) is 9.65. The van der Waals surface area contributed by atoms with Crippen LogP contribution in [0, 0.1) is 10.8 Å². The van der Waals surface area contributed by atoms with Gasteiger partial charge in [-0.15, -0.1) is 0 Å². The normalized spacial score (nSPS) is 14.8. The van der Waals surface area contributed by atoms with Crippen LogP contribution in [0.25, 0.3) is 44.9 Å². The van der Waals surface area contributed by atoms with E-state index < -0.39 is 0 Å². The van der Waals surface area contributed by atoms with E-state index in [9.17, 15) is 4.79 Å². The van der Waals surface area contributed by atoms with E-state index in [0.717, 1.165) is 51.0 Å². The quantitative estimate of drug-likeness (QED) is 0.290. The van der Waals surface area contributed by atoms with E-state index in [1.807, 2.05) is 6.07 Å². The van der Waals surface area contributed by atoms with Gasteiger partial charge in [-0.2, -0.15) is 0 Å². The minimum absolute atomic E-state index is 0.0820. The van der Waals surface area contributed by atoms with Gasteiger partial charge < -0.3 is 9.97 Å². The standard InChI is InChI=1S/C37H46N4O/c1-34(2,3)25-13-21-16-30-26(35(4,5)6)15-23(39-30)18-32-33(37(10,11)12)24(20-42)28(41-32)19-31-27(36(7,8)9)14-22(40-31)17-29(25)38-21/h13-20,39-40H,1-12H3. The van der Waals surface area contributed by atoms with Crippen molar-refractivity contribution in [3.8, 4) is 0 Å². The predicted molar refractivity (Wildman–Crippen MR) is 178 cm³/mol. The number of H-pyrrole nitrogens is 2. The van der Waals surface area contributed by atoms with Gasteiger partial charge in [0.2, 0.25) is 0 Å². The Labute approximate surface area is 250 Å². The van der Waals surface area contributed by atoms with E-state index in [0.29, 0.717) is 11.3 Å². The van der Waals surface area contributed by atoms with Crippen molar-refractivity contribution in [2.24, 2.45) is 10.8 Å². The summed E-state index contributed by atoms with van der Waals surface area (Å²) in [6.45, 7) is 26.4. The van der Waals surface area contributed by atoms with Gasteiger partial charge in [0.1, 0.15) is 0 Å². The maximum Gasteiger partial charge on any atom is 0.152 e. The molecule has 5 rings (SSSR count). The van der Waals surface area contributed by atoms with Crippen molar-refractivity contribution >= 4 is 51.1 Å². The molecule has 0 fully saturated rings. The van der Waals surface area contributed by atoms with Gasteiger partial charge >= 0.3 is 0 Å². The van der Waals surface area contributed by atoms with Gasteiger partial charge in [0, 0.05) is 27.6 Å². The summed E-state index contributed by atoms with van der Waals surface area (Å²) in [4.78, 5) is 30.2. The van der Waals surface area contributed by atoms with Crippen LogP contribution in [0.3, 0.4) is 0 Å². The maximum atomic E-state index is 12.7. The Morgan fingerprint density at radius 3 is 1.57 bits per heavy atom. The van der Waals surface area contributed by atoms with Gasteiger partial charge in [0.05, 0.1) is 22.8 Å². The van der Waals surface area contributed by atoms with Crippen LogP contribution >= 0.6 is 0 Å². The largest absolute Gasteiger partial charge is 0.355 e. The van der Waals surface area contributed by atoms with Crippen molar-refractivity contribution < 1.29 is 4.79 Å². The summed E-state index contributed by atoms with van der Waals surface area (Å²) in [6.07, 6.45) is 3.19. The van der Waals surface area contributed by atoms with Crippen molar-refractivity contribution in [2.45, 2.75) is 93.9 Å². The van der Waals surface area contributed by atoms with Gasteiger partial charge in [0.15, 0.2) is 6.29 Å². The third-order valence-electron chi connectivity index (χ3n) is 8.05. The fourth-order valence-electron chi connectivity index (χ4n) is 6.06. The van der Waals surface area contributed by atoms with Crippen LogP contribution in [0.2, 0.25) is 0 Å². The number of carbonyl (C=O) groups excluding carboxylic acids is 1. The zero-order chi connectivity index (χ0) is 31.0. The number of hydrogen-bond donors (Lipinski definition) is 2. The summed E-state index contributed by atoms with van der Waals surface area (Å²) in [5.41, 5.74) is 11.9. The summed E-state index contributed by atoms with van der Waals surface area (Å²) >= 11 is 0. The minimum atomic E-state index is -0.279.